The highest BCUT2D eigenvalue weighted by Gasteiger charge is 2.09. The normalized spacial score (nSPS) is 10.1. The Kier molecular flexibility index (Phi) is 6.36. The van der Waals surface area contributed by atoms with Gasteiger partial charge in [-0.2, -0.15) is 0 Å². The molecule has 2 aromatic carbocycles. The van der Waals surface area contributed by atoms with Crippen LogP contribution in [0.25, 0.3) is 11.1 Å². The van der Waals surface area contributed by atoms with E-state index < -0.39 is 0 Å². The zero-order chi connectivity index (χ0) is 16.5. The summed E-state index contributed by atoms with van der Waals surface area (Å²) in [4.78, 5) is 23.3. The van der Waals surface area contributed by atoms with E-state index >= 15 is 0 Å². The van der Waals surface area contributed by atoms with Gasteiger partial charge in [0.25, 0.3) is 0 Å². The SMILES string of the molecule is CCOC(=O)CCCC(=O)Nc1ccccc1-c1ccccc1. The fourth-order valence-corrected chi connectivity index (χ4v) is 2.30. The topological polar surface area (TPSA) is 55.4 Å². The number of carbonyl (C=O) groups is 2. The molecule has 120 valence electrons. The molecule has 0 atom stereocenters. The molecular weight excluding hydrogens is 290 g/mol. The molecule has 0 aliphatic carbocycles. The Morgan fingerprint density at radius 2 is 1.65 bits per heavy atom. The van der Waals surface area contributed by atoms with Gasteiger partial charge in [0, 0.05) is 24.1 Å². The second-order valence-corrected chi connectivity index (χ2v) is 5.12. The van der Waals surface area contributed by atoms with Gasteiger partial charge in [0.2, 0.25) is 5.91 Å². The molecule has 4 nitrogen and oxygen atoms in total. The summed E-state index contributed by atoms with van der Waals surface area (Å²) in [5.41, 5.74) is 2.81. The van der Waals surface area contributed by atoms with Gasteiger partial charge in [-0.25, -0.2) is 0 Å². The number of hydrogen-bond donors (Lipinski definition) is 1. The van der Waals surface area contributed by atoms with Crippen molar-refractivity contribution in [1.29, 1.82) is 0 Å². The summed E-state index contributed by atoms with van der Waals surface area (Å²) < 4.78 is 4.85. The van der Waals surface area contributed by atoms with Crippen molar-refractivity contribution in [2.45, 2.75) is 26.2 Å². The van der Waals surface area contributed by atoms with Gasteiger partial charge in [-0.3, -0.25) is 9.59 Å². The van der Waals surface area contributed by atoms with Crippen LogP contribution >= 0.6 is 0 Å². The van der Waals surface area contributed by atoms with E-state index in [1.807, 2.05) is 54.6 Å². The van der Waals surface area contributed by atoms with E-state index in [1.165, 1.54) is 0 Å². The maximum absolute atomic E-state index is 12.1. The number of nitrogens with one attached hydrogen (secondary N) is 1. The first-order valence-corrected chi connectivity index (χ1v) is 7.80. The molecule has 0 aliphatic heterocycles. The summed E-state index contributed by atoms with van der Waals surface area (Å²) in [6, 6.07) is 17.6. The summed E-state index contributed by atoms with van der Waals surface area (Å²) in [7, 11) is 0. The number of rotatable bonds is 7. The van der Waals surface area contributed by atoms with Gasteiger partial charge < -0.3 is 10.1 Å². The van der Waals surface area contributed by atoms with E-state index in [9.17, 15) is 9.59 Å². The predicted molar refractivity (Wildman–Crippen MR) is 91.0 cm³/mol. The Bertz CT molecular complexity index is 653. The molecule has 2 rings (SSSR count). The molecule has 2 aromatic rings. The van der Waals surface area contributed by atoms with Crippen LogP contribution in [-0.4, -0.2) is 18.5 Å². The summed E-state index contributed by atoms with van der Waals surface area (Å²) in [6.07, 6.45) is 1.04. The molecule has 1 N–H and O–H groups in total. The molecule has 0 aromatic heterocycles. The number of hydrogen-bond acceptors (Lipinski definition) is 3. The van der Waals surface area contributed by atoms with E-state index in [2.05, 4.69) is 5.32 Å². The number of anilines is 1. The van der Waals surface area contributed by atoms with Crippen LogP contribution in [0.4, 0.5) is 5.69 Å². The molecule has 0 heterocycles. The molecule has 23 heavy (non-hydrogen) atoms. The van der Waals surface area contributed by atoms with Crippen LogP contribution in [-0.2, 0) is 14.3 Å². The number of esters is 1. The lowest BCUT2D eigenvalue weighted by atomic mass is 10.0. The van der Waals surface area contributed by atoms with Crippen molar-refractivity contribution >= 4 is 17.6 Å². The minimum atomic E-state index is -0.259. The molecule has 4 heteroatoms. The van der Waals surface area contributed by atoms with Crippen LogP contribution in [0.3, 0.4) is 0 Å². The molecular formula is C19H21NO3. The van der Waals surface area contributed by atoms with Gasteiger partial charge in [-0.05, 0) is 25.0 Å². The third kappa shape index (κ3) is 5.25. The van der Waals surface area contributed by atoms with E-state index in [1.54, 1.807) is 6.92 Å². The number of ether oxygens (including phenoxy) is 1. The highest BCUT2D eigenvalue weighted by Crippen LogP contribution is 2.27. The molecule has 1 amide bonds. The van der Waals surface area contributed by atoms with Crippen molar-refractivity contribution in [3.05, 3.63) is 54.6 Å². The van der Waals surface area contributed by atoms with Crippen LogP contribution in [0.15, 0.2) is 54.6 Å². The monoisotopic (exact) mass is 311 g/mol. The Balaban J connectivity index is 1.95. The maximum Gasteiger partial charge on any atom is 0.305 e. The van der Waals surface area contributed by atoms with Crippen LogP contribution in [0.5, 0.6) is 0 Å². The van der Waals surface area contributed by atoms with Gasteiger partial charge in [-0.15, -0.1) is 0 Å². The lowest BCUT2D eigenvalue weighted by Gasteiger charge is -2.11. The van der Waals surface area contributed by atoms with E-state index in [4.69, 9.17) is 4.74 Å². The highest BCUT2D eigenvalue weighted by atomic mass is 16.5. The Morgan fingerprint density at radius 1 is 0.957 bits per heavy atom. The number of para-hydroxylation sites is 1. The molecule has 0 aliphatic rings. The lowest BCUT2D eigenvalue weighted by Crippen LogP contribution is -2.13. The quantitative estimate of drug-likeness (QED) is 0.786. The van der Waals surface area contributed by atoms with Gasteiger partial charge in [0.1, 0.15) is 0 Å². The first kappa shape index (κ1) is 16.7. The molecule has 0 fully saturated rings. The average Bonchev–Trinajstić information content (AvgIpc) is 2.56. The van der Waals surface area contributed by atoms with E-state index in [0.717, 1.165) is 16.8 Å². The van der Waals surface area contributed by atoms with Crippen LogP contribution in [0, 0.1) is 0 Å². The summed E-state index contributed by atoms with van der Waals surface area (Å²) >= 11 is 0. The zero-order valence-corrected chi connectivity index (χ0v) is 13.2. The van der Waals surface area contributed by atoms with Gasteiger partial charge in [-0.1, -0.05) is 48.5 Å². The molecule has 0 bridgehead atoms. The van der Waals surface area contributed by atoms with Gasteiger partial charge >= 0.3 is 5.97 Å². The summed E-state index contributed by atoms with van der Waals surface area (Å²) in [5, 5.41) is 2.92. The minimum Gasteiger partial charge on any atom is -0.466 e. The van der Waals surface area contributed by atoms with E-state index in [-0.39, 0.29) is 18.3 Å². The molecule has 0 unspecified atom stereocenters. The van der Waals surface area contributed by atoms with Crippen molar-refractivity contribution in [3.63, 3.8) is 0 Å². The van der Waals surface area contributed by atoms with Crippen molar-refractivity contribution in [1.82, 2.24) is 0 Å². The third-order valence-corrected chi connectivity index (χ3v) is 3.38. The molecule has 0 radical (unpaired) electrons. The first-order chi connectivity index (χ1) is 11.2. The number of amides is 1. The standard InChI is InChI=1S/C19H21NO3/c1-2-23-19(22)14-8-13-18(21)20-17-12-7-6-11-16(17)15-9-4-3-5-10-15/h3-7,9-12H,2,8,13-14H2,1H3,(H,20,21). The smallest absolute Gasteiger partial charge is 0.305 e. The second kappa shape index (κ2) is 8.73. The van der Waals surface area contributed by atoms with E-state index in [0.29, 0.717) is 19.4 Å². The van der Waals surface area contributed by atoms with Crippen molar-refractivity contribution in [2.24, 2.45) is 0 Å². The Hall–Kier alpha value is -2.62. The number of benzene rings is 2. The maximum atomic E-state index is 12.1. The predicted octanol–water partition coefficient (Wildman–Crippen LogP) is 4.03. The molecule has 0 saturated carbocycles. The van der Waals surface area contributed by atoms with Crippen molar-refractivity contribution < 1.29 is 14.3 Å². The average molecular weight is 311 g/mol. The lowest BCUT2D eigenvalue weighted by molar-refractivity contribution is -0.143. The largest absolute Gasteiger partial charge is 0.466 e. The zero-order valence-electron chi connectivity index (χ0n) is 13.2. The summed E-state index contributed by atoms with van der Waals surface area (Å²) in [6.45, 7) is 2.14. The number of carbonyl (C=O) groups excluding carboxylic acids is 2. The van der Waals surface area contributed by atoms with Gasteiger partial charge in [0.05, 0.1) is 6.61 Å². The Morgan fingerprint density at radius 3 is 2.39 bits per heavy atom. The minimum absolute atomic E-state index is 0.0994. The fraction of sp³-hybridized carbons (Fsp3) is 0.263. The molecule has 0 saturated heterocycles. The van der Waals surface area contributed by atoms with Crippen LogP contribution < -0.4 is 5.32 Å². The van der Waals surface area contributed by atoms with Crippen molar-refractivity contribution in [3.8, 4) is 11.1 Å². The second-order valence-electron chi connectivity index (χ2n) is 5.12. The first-order valence-electron chi connectivity index (χ1n) is 7.80. The molecule has 0 spiro atoms. The summed E-state index contributed by atoms with van der Waals surface area (Å²) in [5.74, 6) is -0.359. The van der Waals surface area contributed by atoms with Crippen LogP contribution in [0.2, 0.25) is 0 Å². The van der Waals surface area contributed by atoms with Gasteiger partial charge in [0.15, 0.2) is 0 Å². The Labute approximate surface area is 136 Å². The fourth-order valence-electron chi connectivity index (χ4n) is 2.30. The highest BCUT2D eigenvalue weighted by molar-refractivity contribution is 5.95. The van der Waals surface area contributed by atoms with Crippen LogP contribution in [0.1, 0.15) is 26.2 Å². The third-order valence-electron chi connectivity index (χ3n) is 3.38. The van der Waals surface area contributed by atoms with Crippen molar-refractivity contribution in [2.75, 3.05) is 11.9 Å².